The summed E-state index contributed by atoms with van der Waals surface area (Å²) in [6.07, 6.45) is 5.33. The number of aromatic nitrogens is 1. The fraction of sp³-hybridized carbons (Fsp3) is 0.409. The van der Waals surface area contributed by atoms with Gasteiger partial charge in [0.2, 0.25) is 5.91 Å². The second-order valence-corrected chi connectivity index (χ2v) is 7.03. The minimum absolute atomic E-state index is 0.000790. The van der Waals surface area contributed by atoms with Gasteiger partial charge in [0.1, 0.15) is 11.6 Å². The molecule has 1 fully saturated rings. The van der Waals surface area contributed by atoms with Crippen molar-refractivity contribution in [1.82, 2.24) is 10.3 Å². The van der Waals surface area contributed by atoms with E-state index in [4.69, 9.17) is 4.74 Å². The normalized spacial score (nSPS) is 13.4. The van der Waals surface area contributed by atoms with E-state index in [0.717, 1.165) is 24.5 Å². The largest absolute Gasteiger partial charge is 0.494 e. The summed E-state index contributed by atoms with van der Waals surface area (Å²) < 4.78 is 5.61. The van der Waals surface area contributed by atoms with Crippen LogP contribution in [-0.2, 0) is 11.3 Å². The minimum Gasteiger partial charge on any atom is -0.494 e. The van der Waals surface area contributed by atoms with E-state index in [0.29, 0.717) is 37.3 Å². The second kappa shape index (κ2) is 9.88. The third-order valence-corrected chi connectivity index (χ3v) is 4.81. The number of nitrogens with one attached hydrogen (secondary N) is 1. The first kappa shape index (κ1) is 19.9. The summed E-state index contributed by atoms with van der Waals surface area (Å²) in [5.41, 5.74) is 1.66. The van der Waals surface area contributed by atoms with E-state index < -0.39 is 0 Å². The maximum atomic E-state index is 12.0. The fourth-order valence-corrected chi connectivity index (χ4v) is 3.15. The number of nitrogens with zero attached hydrogens (tertiary/aromatic N) is 2. The molecule has 6 heteroatoms. The number of rotatable bonds is 9. The van der Waals surface area contributed by atoms with Gasteiger partial charge in [0.25, 0.3) is 0 Å². The summed E-state index contributed by atoms with van der Waals surface area (Å²) in [4.78, 5) is 30.0. The zero-order valence-corrected chi connectivity index (χ0v) is 16.3. The van der Waals surface area contributed by atoms with Gasteiger partial charge in [0, 0.05) is 37.8 Å². The molecule has 1 aromatic carbocycles. The first-order valence-corrected chi connectivity index (χ1v) is 9.82. The van der Waals surface area contributed by atoms with Crippen molar-refractivity contribution in [1.29, 1.82) is 0 Å². The van der Waals surface area contributed by atoms with E-state index in [9.17, 15) is 9.59 Å². The molecule has 1 aliphatic rings. The molecule has 0 radical (unpaired) electrons. The zero-order chi connectivity index (χ0) is 19.8. The van der Waals surface area contributed by atoms with Gasteiger partial charge >= 0.3 is 0 Å². The van der Waals surface area contributed by atoms with Crippen LogP contribution in [-0.4, -0.2) is 36.4 Å². The van der Waals surface area contributed by atoms with Crippen molar-refractivity contribution >= 4 is 17.5 Å². The van der Waals surface area contributed by atoms with Gasteiger partial charge in [-0.15, -0.1) is 0 Å². The van der Waals surface area contributed by atoms with Crippen LogP contribution in [0.2, 0.25) is 0 Å². The van der Waals surface area contributed by atoms with E-state index >= 15 is 0 Å². The molecule has 1 saturated heterocycles. The van der Waals surface area contributed by atoms with Gasteiger partial charge in [0.05, 0.1) is 6.61 Å². The van der Waals surface area contributed by atoms with Crippen LogP contribution >= 0.6 is 0 Å². The number of ketones is 1. The first-order valence-electron chi connectivity index (χ1n) is 9.82. The summed E-state index contributed by atoms with van der Waals surface area (Å²) in [6.45, 7) is 4.63. The van der Waals surface area contributed by atoms with Crippen molar-refractivity contribution in [3.63, 3.8) is 0 Å². The van der Waals surface area contributed by atoms with Crippen LogP contribution in [0.4, 0.5) is 5.82 Å². The van der Waals surface area contributed by atoms with Crippen LogP contribution in [0.1, 0.15) is 48.5 Å². The van der Waals surface area contributed by atoms with Crippen molar-refractivity contribution < 1.29 is 14.3 Å². The third-order valence-electron chi connectivity index (χ3n) is 4.81. The Morgan fingerprint density at radius 2 is 1.86 bits per heavy atom. The zero-order valence-electron chi connectivity index (χ0n) is 16.3. The number of carbonyl (C=O) groups is 2. The molecule has 3 rings (SSSR count). The SMILES string of the molecule is CC(=O)c1ccc(OCCCC(=O)NCc2ccc(N3CCCC3)nc2)cc1. The van der Waals surface area contributed by atoms with E-state index in [2.05, 4.69) is 15.2 Å². The quantitative estimate of drug-likeness (QED) is 0.533. The molecule has 0 atom stereocenters. The average molecular weight is 381 g/mol. The molecule has 1 aliphatic heterocycles. The number of ether oxygens (including phenoxy) is 1. The molecule has 2 heterocycles. The highest BCUT2D eigenvalue weighted by molar-refractivity contribution is 5.94. The fourth-order valence-electron chi connectivity index (χ4n) is 3.15. The Hall–Kier alpha value is -2.89. The maximum absolute atomic E-state index is 12.0. The van der Waals surface area contributed by atoms with Crippen LogP contribution in [0.3, 0.4) is 0 Å². The van der Waals surface area contributed by atoms with E-state index in [1.165, 1.54) is 19.8 Å². The number of benzene rings is 1. The highest BCUT2D eigenvalue weighted by Gasteiger charge is 2.13. The van der Waals surface area contributed by atoms with Crippen LogP contribution in [0, 0.1) is 0 Å². The lowest BCUT2D eigenvalue weighted by Crippen LogP contribution is -2.23. The molecule has 1 amide bonds. The van der Waals surface area contributed by atoms with Crippen molar-refractivity contribution in [2.45, 2.75) is 39.2 Å². The molecule has 1 N–H and O–H groups in total. The van der Waals surface area contributed by atoms with Gasteiger partial charge in [-0.25, -0.2) is 4.98 Å². The van der Waals surface area contributed by atoms with Gasteiger partial charge in [-0.1, -0.05) is 6.07 Å². The van der Waals surface area contributed by atoms with Crippen LogP contribution in [0.15, 0.2) is 42.6 Å². The highest BCUT2D eigenvalue weighted by Crippen LogP contribution is 2.17. The molecule has 148 valence electrons. The molecule has 0 unspecified atom stereocenters. The number of anilines is 1. The molecule has 2 aromatic rings. The lowest BCUT2D eigenvalue weighted by Gasteiger charge is -2.16. The Labute approximate surface area is 165 Å². The average Bonchev–Trinajstić information content (AvgIpc) is 3.25. The summed E-state index contributed by atoms with van der Waals surface area (Å²) in [7, 11) is 0. The van der Waals surface area contributed by atoms with Crippen molar-refractivity contribution in [2.75, 3.05) is 24.6 Å². The molecule has 0 spiro atoms. The Morgan fingerprint density at radius 3 is 2.50 bits per heavy atom. The van der Waals surface area contributed by atoms with Crippen LogP contribution in [0.25, 0.3) is 0 Å². The van der Waals surface area contributed by atoms with Crippen LogP contribution in [0.5, 0.6) is 5.75 Å². The predicted octanol–water partition coefficient (Wildman–Crippen LogP) is 3.36. The minimum atomic E-state index is -0.000790. The molecule has 0 saturated carbocycles. The van der Waals surface area contributed by atoms with Gasteiger partial charge in [-0.3, -0.25) is 9.59 Å². The summed E-state index contributed by atoms with van der Waals surface area (Å²) in [6, 6.07) is 11.1. The Morgan fingerprint density at radius 1 is 1.11 bits per heavy atom. The molecular weight excluding hydrogens is 354 g/mol. The molecule has 6 nitrogen and oxygen atoms in total. The van der Waals surface area contributed by atoms with Gasteiger partial charge in [-0.2, -0.15) is 0 Å². The Kier molecular flexibility index (Phi) is 7.00. The first-order chi connectivity index (χ1) is 13.6. The Bertz CT molecular complexity index is 782. The smallest absolute Gasteiger partial charge is 0.220 e. The number of hydrogen-bond donors (Lipinski definition) is 1. The predicted molar refractivity (Wildman–Crippen MR) is 109 cm³/mol. The lowest BCUT2D eigenvalue weighted by molar-refractivity contribution is -0.121. The van der Waals surface area contributed by atoms with Crippen molar-refractivity contribution in [3.05, 3.63) is 53.7 Å². The summed E-state index contributed by atoms with van der Waals surface area (Å²) in [5.74, 6) is 1.75. The summed E-state index contributed by atoms with van der Waals surface area (Å²) in [5, 5.41) is 2.92. The topological polar surface area (TPSA) is 71.5 Å². The maximum Gasteiger partial charge on any atom is 0.220 e. The second-order valence-electron chi connectivity index (χ2n) is 7.03. The van der Waals surface area contributed by atoms with E-state index in [-0.39, 0.29) is 11.7 Å². The van der Waals surface area contributed by atoms with Gasteiger partial charge in [-0.05, 0) is 62.1 Å². The van der Waals surface area contributed by atoms with Crippen LogP contribution < -0.4 is 15.0 Å². The number of Topliss-reactive ketones (excluding diaryl/α,β-unsaturated/α-hetero) is 1. The molecule has 1 aromatic heterocycles. The van der Waals surface area contributed by atoms with E-state index in [1.54, 1.807) is 24.3 Å². The van der Waals surface area contributed by atoms with Gasteiger partial charge < -0.3 is 15.0 Å². The van der Waals surface area contributed by atoms with Crippen molar-refractivity contribution in [3.8, 4) is 5.75 Å². The molecule has 28 heavy (non-hydrogen) atoms. The Balaban J connectivity index is 1.32. The standard InChI is InChI=1S/C22H27N3O3/c1-17(26)19-7-9-20(10-8-19)28-14-4-5-22(27)24-16-18-6-11-21(23-15-18)25-12-2-3-13-25/h6-11,15H,2-5,12-14,16H2,1H3,(H,24,27). The lowest BCUT2D eigenvalue weighted by atomic mass is 10.1. The number of carbonyl (C=O) groups excluding carboxylic acids is 2. The van der Waals surface area contributed by atoms with Gasteiger partial charge in [0.15, 0.2) is 5.78 Å². The van der Waals surface area contributed by atoms with Crippen molar-refractivity contribution in [2.24, 2.45) is 0 Å². The summed E-state index contributed by atoms with van der Waals surface area (Å²) >= 11 is 0. The number of hydrogen-bond acceptors (Lipinski definition) is 5. The molecule has 0 aliphatic carbocycles. The highest BCUT2D eigenvalue weighted by atomic mass is 16.5. The molecule has 0 bridgehead atoms. The third kappa shape index (κ3) is 5.81. The molecular formula is C22H27N3O3. The monoisotopic (exact) mass is 381 g/mol. The van der Waals surface area contributed by atoms with E-state index in [1.807, 2.05) is 18.3 Å². The number of pyridine rings is 1. The number of amides is 1.